The van der Waals surface area contributed by atoms with E-state index in [1.807, 2.05) is 6.07 Å². The van der Waals surface area contributed by atoms with Crippen LogP contribution < -0.4 is 5.32 Å². The van der Waals surface area contributed by atoms with Crippen LogP contribution in [0.15, 0.2) is 12.4 Å². The van der Waals surface area contributed by atoms with Gasteiger partial charge in [-0.05, 0) is 24.7 Å². The average molecular weight is 216 g/mol. The number of anilines is 1. The summed E-state index contributed by atoms with van der Waals surface area (Å²) in [5.74, 6) is 2.20. The highest BCUT2D eigenvalue weighted by Crippen LogP contribution is 2.32. The van der Waals surface area contributed by atoms with Gasteiger partial charge in [-0.1, -0.05) is 13.8 Å². The maximum Gasteiger partial charge on any atom is 0.158 e. The van der Waals surface area contributed by atoms with E-state index in [1.165, 1.54) is 19.0 Å². The van der Waals surface area contributed by atoms with Gasteiger partial charge in [0.2, 0.25) is 0 Å². The molecule has 1 aliphatic carbocycles. The normalized spacial score (nSPS) is 28.7. The largest absolute Gasteiger partial charge is 0.366 e. The van der Waals surface area contributed by atoms with Crippen molar-refractivity contribution < 1.29 is 0 Å². The Balaban J connectivity index is 2.02. The molecule has 3 atom stereocenters. The Bertz CT molecular complexity index is 392. The Morgan fingerprint density at radius 3 is 2.62 bits per heavy atom. The van der Waals surface area contributed by atoms with E-state index in [4.69, 9.17) is 5.26 Å². The SMILES string of the molecule is CC1CCC(Nc2cnc(C#N)cn2)C1C. The quantitative estimate of drug-likeness (QED) is 0.823. The van der Waals surface area contributed by atoms with E-state index in [-0.39, 0.29) is 0 Å². The molecule has 1 aromatic heterocycles. The Morgan fingerprint density at radius 2 is 2.12 bits per heavy atom. The van der Waals surface area contributed by atoms with E-state index in [9.17, 15) is 0 Å². The number of nitriles is 1. The summed E-state index contributed by atoms with van der Waals surface area (Å²) in [5.41, 5.74) is 0.360. The van der Waals surface area contributed by atoms with E-state index in [2.05, 4.69) is 29.1 Å². The molecule has 1 aliphatic rings. The molecule has 1 aromatic rings. The fourth-order valence-corrected chi connectivity index (χ4v) is 2.22. The van der Waals surface area contributed by atoms with Crippen molar-refractivity contribution in [2.45, 2.75) is 32.7 Å². The van der Waals surface area contributed by atoms with Crippen LogP contribution in [0.5, 0.6) is 0 Å². The summed E-state index contributed by atoms with van der Waals surface area (Å²) in [7, 11) is 0. The maximum atomic E-state index is 8.62. The van der Waals surface area contributed by atoms with E-state index < -0.39 is 0 Å². The fraction of sp³-hybridized carbons (Fsp3) is 0.583. The molecule has 0 saturated heterocycles. The zero-order valence-electron chi connectivity index (χ0n) is 9.64. The van der Waals surface area contributed by atoms with E-state index in [1.54, 1.807) is 6.20 Å². The van der Waals surface area contributed by atoms with Crippen molar-refractivity contribution in [3.8, 4) is 6.07 Å². The lowest BCUT2D eigenvalue weighted by Gasteiger charge is -2.19. The number of nitrogens with one attached hydrogen (secondary N) is 1. The molecule has 2 rings (SSSR count). The predicted octanol–water partition coefficient (Wildman–Crippen LogP) is 2.19. The van der Waals surface area contributed by atoms with Gasteiger partial charge in [-0.15, -0.1) is 0 Å². The second kappa shape index (κ2) is 4.48. The van der Waals surface area contributed by atoms with Crippen LogP contribution in [0.3, 0.4) is 0 Å². The van der Waals surface area contributed by atoms with Crippen molar-refractivity contribution in [1.82, 2.24) is 9.97 Å². The topological polar surface area (TPSA) is 61.6 Å². The van der Waals surface area contributed by atoms with Gasteiger partial charge in [0.25, 0.3) is 0 Å². The summed E-state index contributed by atoms with van der Waals surface area (Å²) in [5, 5.41) is 12.0. The van der Waals surface area contributed by atoms with Crippen LogP contribution in [-0.2, 0) is 0 Å². The first-order valence-corrected chi connectivity index (χ1v) is 5.69. The Labute approximate surface area is 95.7 Å². The molecule has 0 aromatic carbocycles. The van der Waals surface area contributed by atoms with Crippen LogP contribution >= 0.6 is 0 Å². The van der Waals surface area contributed by atoms with Gasteiger partial charge < -0.3 is 5.32 Å². The Morgan fingerprint density at radius 1 is 1.31 bits per heavy atom. The smallest absolute Gasteiger partial charge is 0.158 e. The van der Waals surface area contributed by atoms with Crippen LogP contribution in [-0.4, -0.2) is 16.0 Å². The first-order chi connectivity index (χ1) is 7.70. The van der Waals surface area contributed by atoms with Crippen LogP contribution in [0.2, 0.25) is 0 Å². The zero-order chi connectivity index (χ0) is 11.5. The second-order valence-electron chi connectivity index (χ2n) is 4.56. The molecule has 1 heterocycles. The molecule has 0 bridgehead atoms. The van der Waals surface area contributed by atoms with Crippen LogP contribution in [0.1, 0.15) is 32.4 Å². The molecule has 1 fully saturated rings. The van der Waals surface area contributed by atoms with Crippen molar-refractivity contribution in [3.05, 3.63) is 18.1 Å². The monoisotopic (exact) mass is 216 g/mol. The van der Waals surface area contributed by atoms with Gasteiger partial charge in [-0.3, -0.25) is 0 Å². The Hall–Kier alpha value is -1.63. The van der Waals surface area contributed by atoms with E-state index in [0.29, 0.717) is 17.7 Å². The minimum Gasteiger partial charge on any atom is -0.366 e. The lowest BCUT2D eigenvalue weighted by Crippen LogP contribution is -2.24. The first-order valence-electron chi connectivity index (χ1n) is 5.69. The molecule has 84 valence electrons. The molecule has 16 heavy (non-hydrogen) atoms. The van der Waals surface area contributed by atoms with Gasteiger partial charge in [-0.25, -0.2) is 9.97 Å². The summed E-state index contributed by atoms with van der Waals surface area (Å²) in [4.78, 5) is 8.17. The van der Waals surface area contributed by atoms with Crippen molar-refractivity contribution in [3.63, 3.8) is 0 Å². The van der Waals surface area contributed by atoms with Gasteiger partial charge in [0, 0.05) is 6.04 Å². The van der Waals surface area contributed by atoms with E-state index >= 15 is 0 Å². The summed E-state index contributed by atoms with van der Waals surface area (Å²) < 4.78 is 0. The molecular weight excluding hydrogens is 200 g/mol. The second-order valence-corrected chi connectivity index (χ2v) is 4.56. The van der Waals surface area contributed by atoms with E-state index in [0.717, 1.165) is 11.7 Å². The number of aromatic nitrogens is 2. The average Bonchev–Trinajstić information content (AvgIpc) is 2.62. The third-order valence-corrected chi connectivity index (χ3v) is 3.56. The van der Waals surface area contributed by atoms with Gasteiger partial charge in [0.05, 0.1) is 12.4 Å². The number of rotatable bonds is 2. The van der Waals surface area contributed by atoms with Crippen LogP contribution in [0.25, 0.3) is 0 Å². The predicted molar refractivity (Wildman–Crippen MR) is 61.7 cm³/mol. The van der Waals surface area contributed by atoms with Crippen molar-refractivity contribution in [1.29, 1.82) is 5.26 Å². The molecule has 0 aliphatic heterocycles. The lowest BCUT2D eigenvalue weighted by atomic mass is 9.98. The highest BCUT2D eigenvalue weighted by molar-refractivity contribution is 5.34. The summed E-state index contributed by atoms with van der Waals surface area (Å²) in [6, 6.07) is 2.45. The third-order valence-electron chi connectivity index (χ3n) is 3.56. The Kier molecular flexibility index (Phi) is 3.04. The minimum absolute atomic E-state index is 0.360. The van der Waals surface area contributed by atoms with Gasteiger partial charge in [0.15, 0.2) is 5.69 Å². The first kappa shape index (κ1) is 10.9. The highest BCUT2D eigenvalue weighted by Gasteiger charge is 2.29. The molecule has 0 spiro atoms. The van der Waals surface area contributed by atoms with Gasteiger partial charge in [-0.2, -0.15) is 5.26 Å². The van der Waals surface area contributed by atoms with Crippen molar-refractivity contribution >= 4 is 5.82 Å². The minimum atomic E-state index is 0.360. The van der Waals surface area contributed by atoms with Crippen molar-refractivity contribution in [2.75, 3.05) is 5.32 Å². The molecule has 3 unspecified atom stereocenters. The van der Waals surface area contributed by atoms with Crippen LogP contribution in [0.4, 0.5) is 5.82 Å². The molecule has 4 nitrogen and oxygen atoms in total. The molecule has 0 radical (unpaired) electrons. The summed E-state index contributed by atoms with van der Waals surface area (Å²) in [6.45, 7) is 4.56. The summed E-state index contributed by atoms with van der Waals surface area (Å²) in [6.07, 6.45) is 5.59. The molecule has 1 saturated carbocycles. The standard InChI is InChI=1S/C12H16N4/c1-8-3-4-11(9(8)2)16-12-7-14-10(5-13)6-15-12/h6-9,11H,3-4H2,1-2H3,(H,15,16). The number of nitrogens with zero attached hydrogens (tertiary/aromatic N) is 3. The maximum absolute atomic E-state index is 8.62. The van der Waals surface area contributed by atoms with Crippen LogP contribution in [0, 0.1) is 23.2 Å². The molecule has 4 heteroatoms. The molecule has 1 N–H and O–H groups in total. The highest BCUT2D eigenvalue weighted by atomic mass is 15.0. The summed E-state index contributed by atoms with van der Waals surface area (Å²) >= 11 is 0. The molecular formula is C12H16N4. The third kappa shape index (κ3) is 2.13. The zero-order valence-corrected chi connectivity index (χ0v) is 9.64. The number of hydrogen-bond donors (Lipinski definition) is 1. The number of hydrogen-bond acceptors (Lipinski definition) is 4. The lowest BCUT2D eigenvalue weighted by molar-refractivity contribution is 0.435. The molecule has 0 amide bonds. The van der Waals surface area contributed by atoms with Gasteiger partial charge in [0.1, 0.15) is 11.9 Å². The van der Waals surface area contributed by atoms with Crippen molar-refractivity contribution in [2.24, 2.45) is 11.8 Å². The van der Waals surface area contributed by atoms with Gasteiger partial charge >= 0.3 is 0 Å². The fourth-order valence-electron chi connectivity index (χ4n) is 2.22.